The first-order chi connectivity index (χ1) is 7.95. The molecule has 2 aromatic rings. The normalized spacial score (nSPS) is 22.6. The Morgan fingerprint density at radius 3 is 2.50 bits per heavy atom. The zero-order chi connectivity index (χ0) is 10.8. The molecule has 16 heavy (non-hydrogen) atoms. The highest BCUT2D eigenvalue weighted by atomic mass is 31.1. The van der Waals surface area contributed by atoms with E-state index in [0.717, 1.165) is 0 Å². The van der Waals surface area contributed by atoms with Crippen molar-refractivity contribution in [2.45, 2.75) is 0 Å². The molecule has 82 valence electrons. The maximum atomic E-state index is 2.36. The number of hydrogen-bond donors (Lipinski definition) is 0. The molecule has 0 aliphatic carbocycles. The highest BCUT2D eigenvalue weighted by Crippen LogP contribution is 2.42. The summed E-state index contributed by atoms with van der Waals surface area (Å²) >= 11 is 0. The first-order valence-electron chi connectivity index (χ1n) is 5.88. The van der Waals surface area contributed by atoms with Gasteiger partial charge in [-0.2, -0.15) is 0 Å². The zero-order valence-corrected chi connectivity index (χ0v) is 11.2. The summed E-state index contributed by atoms with van der Waals surface area (Å²) in [5.41, 5.74) is 0. The standard InChI is InChI=1S/C14H16P2/c1-2-6-13-12(4-1)5-3-7-14(13)16-10-8-15-9-11-16/h1-7,15H,8-11H2. The van der Waals surface area contributed by atoms with Crippen molar-refractivity contribution in [1.29, 1.82) is 0 Å². The Bertz CT molecular complexity index is 482. The Balaban J connectivity index is 2.08. The summed E-state index contributed by atoms with van der Waals surface area (Å²) in [5.74, 6) is 0. The summed E-state index contributed by atoms with van der Waals surface area (Å²) in [6, 6.07) is 15.7. The second-order valence-corrected chi connectivity index (χ2v) is 8.19. The summed E-state index contributed by atoms with van der Waals surface area (Å²) in [7, 11) is 1.37. The van der Waals surface area contributed by atoms with Crippen LogP contribution in [0.2, 0.25) is 0 Å². The summed E-state index contributed by atoms with van der Waals surface area (Å²) in [5, 5.41) is 4.56. The molecule has 1 saturated heterocycles. The number of hydrogen-bond acceptors (Lipinski definition) is 0. The van der Waals surface area contributed by atoms with E-state index in [0.29, 0.717) is 0 Å². The topological polar surface area (TPSA) is 0 Å². The highest BCUT2D eigenvalue weighted by Gasteiger charge is 2.16. The number of rotatable bonds is 1. The second-order valence-electron chi connectivity index (χ2n) is 4.24. The minimum absolute atomic E-state index is 0.140. The van der Waals surface area contributed by atoms with Crippen LogP contribution in [0.25, 0.3) is 10.8 Å². The van der Waals surface area contributed by atoms with Crippen molar-refractivity contribution in [2.75, 3.05) is 24.6 Å². The van der Waals surface area contributed by atoms with Crippen LogP contribution in [0.4, 0.5) is 0 Å². The molecule has 0 saturated carbocycles. The molecule has 0 nitrogen and oxygen atoms in total. The first-order valence-corrected chi connectivity index (χ1v) is 9.01. The van der Waals surface area contributed by atoms with E-state index in [2.05, 4.69) is 42.5 Å². The minimum atomic E-state index is 0.140. The highest BCUT2D eigenvalue weighted by molar-refractivity contribution is 7.68. The molecule has 2 aromatic carbocycles. The van der Waals surface area contributed by atoms with Crippen LogP contribution in [-0.4, -0.2) is 24.6 Å². The van der Waals surface area contributed by atoms with Gasteiger partial charge in [-0.05, 0) is 40.7 Å². The van der Waals surface area contributed by atoms with E-state index in [1.165, 1.54) is 44.0 Å². The van der Waals surface area contributed by atoms with Gasteiger partial charge in [-0.3, -0.25) is 0 Å². The Morgan fingerprint density at radius 1 is 0.875 bits per heavy atom. The Hall–Kier alpha value is -0.440. The average molecular weight is 246 g/mol. The van der Waals surface area contributed by atoms with E-state index in [1.807, 2.05) is 0 Å². The first kappa shape index (κ1) is 10.7. The van der Waals surface area contributed by atoms with Gasteiger partial charge in [-0.25, -0.2) is 0 Å². The van der Waals surface area contributed by atoms with E-state index < -0.39 is 0 Å². The SMILES string of the molecule is c1ccc2c(P3CCPCC3)cccc2c1. The third kappa shape index (κ3) is 2.02. The van der Waals surface area contributed by atoms with Crippen LogP contribution in [0, 0.1) is 0 Å². The maximum Gasteiger partial charge on any atom is -0.0107 e. The van der Waals surface area contributed by atoms with E-state index in [4.69, 9.17) is 0 Å². The van der Waals surface area contributed by atoms with Crippen molar-refractivity contribution in [3.63, 3.8) is 0 Å². The van der Waals surface area contributed by atoms with Gasteiger partial charge in [0, 0.05) is 0 Å². The predicted molar refractivity (Wildman–Crippen MR) is 78.3 cm³/mol. The maximum absolute atomic E-state index is 2.36. The van der Waals surface area contributed by atoms with Gasteiger partial charge in [0.15, 0.2) is 0 Å². The molecule has 0 N–H and O–H groups in total. The Labute approximate surface area is 100.0 Å². The van der Waals surface area contributed by atoms with Crippen molar-refractivity contribution in [3.8, 4) is 0 Å². The van der Waals surface area contributed by atoms with Crippen LogP contribution in [0.1, 0.15) is 0 Å². The van der Waals surface area contributed by atoms with E-state index in [9.17, 15) is 0 Å². The van der Waals surface area contributed by atoms with Crippen molar-refractivity contribution in [2.24, 2.45) is 0 Å². The summed E-state index contributed by atoms with van der Waals surface area (Å²) < 4.78 is 0. The van der Waals surface area contributed by atoms with Crippen LogP contribution in [-0.2, 0) is 0 Å². The fraction of sp³-hybridized carbons (Fsp3) is 0.286. The summed E-state index contributed by atoms with van der Waals surface area (Å²) in [6.07, 6.45) is 5.85. The van der Waals surface area contributed by atoms with Crippen molar-refractivity contribution < 1.29 is 0 Å². The van der Waals surface area contributed by atoms with Crippen LogP contribution in [0.15, 0.2) is 42.5 Å². The van der Waals surface area contributed by atoms with Crippen LogP contribution < -0.4 is 5.30 Å². The molecule has 0 radical (unpaired) electrons. The lowest BCUT2D eigenvalue weighted by Gasteiger charge is -2.24. The molecule has 1 aliphatic heterocycles. The third-order valence-corrected chi connectivity index (χ3v) is 7.87. The fourth-order valence-electron chi connectivity index (χ4n) is 2.39. The molecule has 1 fully saturated rings. The quantitative estimate of drug-likeness (QED) is 0.674. The second kappa shape index (κ2) is 4.82. The van der Waals surface area contributed by atoms with E-state index in [-0.39, 0.29) is 7.92 Å². The van der Waals surface area contributed by atoms with Crippen molar-refractivity contribution in [3.05, 3.63) is 42.5 Å². The van der Waals surface area contributed by atoms with E-state index in [1.54, 1.807) is 5.30 Å². The lowest BCUT2D eigenvalue weighted by molar-refractivity contribution is 1.37. The smallest absolute Gasteiger partial charge is 0.0107 e. The summed E-state index contributed by atoms with van der Waals surface area (Å²) in [4.78, 5) is 0. The lowest BCUT2D eigenvalue weighted by Crippen LogP contribution is -2.13. The zero-order valence-electron chi connectivity index (χ0n) is 9.32. The molecule has 0 unspecified atom stereocenters. The third-order valence-electron chi connectivity index (χ3n) is 3.22. The molecule has 2 heteroatoms. The molecular formula is C14H16P2. The van der Waals surface area contributed by atoms with Crippen LogP contribution >= 0.6 is 16.5 Å². The van der Waals surface area contributed by atoms with E-state index >= 15 is 0 Å². The molecule has 0 aromatic heterocycles. The largest absolute Gasteiger partial charge is 0.121 e. The Kier molecular flexibility index (Phi) is 3.22. The monoisotopic (exact) mass is 246 g/mol. The number of benzene rings is 2. The molecular weight excluding hydrogens is 230 g/mol. The van der Waals surface area contributed by atoms with Crippen molar-refractivity contribution >= 4 is 32.6 Å². The number of fused-ring (bicyclic) bond motifs is 1. The van der Waals surface area contributed by atoms with Gasteiger partial charge in [0.1, 0.15) is 0 Å². The van der Waals surface area contributed by atoms with Gasteiger partial charge in [-0.15, -0.1) is 8.58 Å². The van der Waals surface area contributed by atoms with Crippen LogP contribution in [0.5, 0.6) is 0 Å². The molecule has 0 spiro atoms. The molecule has 1 aliphatic rings. The fourth-order valence-corrected chi connectivity index (χ4v) is 7.61. The van der Waals surface area contributed by atoms with Gasteiger partial charge < -0.3 is 0 Å². The lowest BCUT2D eigenvalue weighted by atomic mass is 10.1. The van der Waals surface area contributed by atoms with Gasteiger partial charge >= 0.3 is 0 Å². The van der Waals surface area contributed by atoms with Crippen LogP contribution in [0.3, 0.4) is 0 Å². The molecule has 0 amide bonds. The Morgan fingerprint density at radius 2 is 1.62 bits per heavy atom. The molecule has 3 rings (SSSR count). The van der Waals surface area contributed by atoms with Crippen molar-refractivity contribution in [1.82, 2.24) is 0 Å². The molecule has 0 atom stereocenters. The van der Waals surface area contributed by atoms with Gasteiger partial charge in [0.25, 0.3) is 0 Å². The van der Waals surface area contributed by atoms with Gasteiger partial charge in [0.05, 0.1) is 0 Å². The average Bonchev–Trinajstić information content (AvgIpc) is 2.39. The molecule has 0 bridgehead atoms. The molecule has 1 heterocycles. The van der Waals surface area contributed by atoms with Gasteiger partial charge in [0.2, 0.25) is 0 Å². The van der Waals surface area contributed by atoms with Gasteiger partial charge in [-0.1, -0.05) is 50.4 Å². The predicted octanol–water partition coefficient (Wildman–Crippen LogP) is 3.64. The summed E-state index contributed by atoms with van der Waals surface area (Å²) in [6.45, 7) is 0. The minimum Gasteiger partial charge on any atom is -0.121 e.